The van der Waals surface area contributed by atoms with E-state index in [4.69, 9.17) is 5.73 Å². The molecule has 2 aromatic rings. The van der Waals surface area contributed by atoms with Crippen LogP contribution in [-0.2, 0) is 11.3 Å². The number of nitrogens with one attached hydrogen (secondary N) is 2. The predicted octanol–water partition coefficient (Wildman–Crippen LogP) is 4.87. The van der Waals surface area contributed by atoms with Gasteiger partial charge >= 0.3 is 0 Å². The molecule has 1 unspecified atom stereocenters. The van der Waals surface area contributed by atoms with Crippen LogP contribution in [0.2, 0.25) is 0 Å². The molecule has 0 saturated carbocycles. The van der Waals surface area contributed by atoms with Crippen molar-refractivity contribution < 1.29 is 4.79 Å². The summed E-state index contributed by atoms with van der Waals surface area (Å²) in [5, 5.41) is 6.54. The molecule has 2 aliphatic rings. The van der Waals surface area contributed by atoms with Crippen LogP contribution >= 0.6 is 0 Å². The van der Waals surface area contributed by atoms with Gasteiger partial charge in [-0.05, 0) is 74.3 Å². The van der Waals surface area contributed by atoms with Crippen LogP contribution in [0.1, 0.15) is 50.2 Å². The van der Waals surface area contributed by atoms with Gasteiger partial charge in [-0.3, -0.25) is 9.69 Å². The number of likely N-dealkylation sites (tertiary alicyclic amines) is 1. The van der Waals surface area contributed by atoms with Crippen LogP contribution in [0.3, 0.4) is 0 Å². The number of hydrogen-bond donors (Lipinski definition) is 3. The third-order valence-electron chi connectivity index (χ3n) is 5.96. The largest absolute Gasteiger partial charge is 0.399 e. The third kappa shape index (κ3) is 4.85. The molecule has 5 nitrogen and oxygen atoms in total. The van der Waals surface area contributed by atoms with Gasteiger partial charge in [0.15, 0.2) is 0 Å². The fraction of sp³-hybridized carbons (Fsp3) is 0.400. The molecule has 2 aliphatic heterocycles. The number of nitrogens with zero attached hydrogens (tertiary/aromatic N) is 1. The van der Waals surface area contributed by atoms with Crippen molar-refractivity contribution in [1.82, 2.24) is 4.90 Å². The molecule has 1 saturated heterocycles. The fourth-order valence-corrected chi connectivity index (χ4v) is 4.38. The van der Waals surface area contributed by atoms with Gasteiger partial charge in [-0.2, -0.15) is 0 Å². The topological polar surface area (TPSA) is 70.4 Å². The minimum Gasteiger partial charge on any atom is -0.399 e. The van der Waals surface area contributed by atoms with Crippen molar-refractivity contribution in [3.05, 3.63) is 59.7 Å². The first-order valence-corrected chi connectivity index (χ1v) is 11.1. The lowest BCUT2D eigenvalue weighted by molar-refractivity contribution is -0.110. The Morgan fingerprint density at radius 1 is 1.13 bits per heavy atom. The summed E-state index contributed by atoms with van der Waals surface area (Å²) in [5.74, 6) is -0.0598. The van der Waals surface area contributed by atoms with E-state index in [1.54, 1.807) is 0 Å². The van der Waals surface area contributed by atoms with Gasteiger partial charge in [0, 0.05) is 40.8 Å². The summed E-state index contributed by atoms with van der Waals surface area (Å²) in [6.45, 7) is 5.61. The number of piperidine rings is 1. The van der Waals surface area contributed by atoms with Crippen molar-refractivity contribution in [3.63, 3.8) is 0 Å². The first-order valence-electron chi connectivity index (χ1n) is 11.1. The first-order chi connectivity index (χ1) is 14.6. The number of amides is 1. The average Bonchev–Trinajstić information content (AvgIpc) is 3.05. The molecule has 2 heterocycles. The van der Waals surface area contributed by atoms with Crippen molar-refractivity contribution >= 4 is 28.5 Å². The number of benzene rings is 2. The van der Waals surface area contributed by atoms with E-state index in [0.717, 1.165) is 36.3 Å². The number of rotatable bonds is 7. The maximum absolute atomic E-state index is 12.5. The van der Waals surface area contributed by atoms with Crippen LogP contribution < -0.4 is 16.4 Å². The number of hydrogen-bond acceptors (Lipinski definition) is 4. The Labute approximate surface area is 179 Å². The minimum absolute atomic E-state index is 0.0598. The van der Waals surface area contributed by atoms with E-state index < -0.39 is 0 Å². The zero-order chi connectivity index (χ0) is 20.9. The third-order valence-corrected chi connectivity index (χ3v) is 5.96. The predicted molar refractivity (Wildman–Crippen MR) is 125 cm³/mol. The van der Waals surface area contributed by atoms with E-state index in [0.29, 0.717) is 11.3 Å². The smallest absolute Gasteiger partial charge is 0.256 e. The van der Waals surface area contributed by atoms with Crippen LogP contribution in [0.4, 0.5) is 17.1 Å². The average molecular weight is 405 g/mol. The Morgan fingerprint density at radius 2 is 1.90 bits per heavy atom. The summed E-state index contributed by atoms with van der Waals surface area (Å²) >= 11 is 0. The summed E-state index contributed by atoms with van der Waals surface area (Å²) in [7, 11) is 0. The molecule has 4 N–H and O–H groups in total. The number of nitrogen functional groups attached to an aromatic ring is 1. The van der Waals surface area contributed by atoms with Crippen LogP contribution in [0.25, 0.3) is 5.57 Å². The second-order valence-electron chi connectivity index (χ2n) is 8.41. The Balaban J connectivity index is 1.47. The molecule has 2 aromatic carbocycles. The highest BCUT2D eigenvalue weighted by Crippen LogP contribution is 2.34. The highest BCUT2D eigenvalue weighted by Gasteiger charge is 2.25. The van der Waals surface area contributed by atoms with E-state index in [1.807, 2.05) is 24.3 Å². The Morgan fingerprint density at radius 3 is 2.63 bits per heavy atom. The Hall–Kier alpha value is -2.79. The molecule has 30 heavy (non-hydrogen) atoms. The molecule has 4 rings (SSSR count). The van der Waals surface area contributed by atoms with Gasteiger partial charge in [-0.1, -0.05) is 31.9 Å². The molecule has 158 valence electrons. The Kier molecular flexibility index (Phi) is 6.38. The lowest BCUT2D eigenvalue weighted by Crippen LogP contribution is -2.29. The molecule has 0 bridgehead atoms. The van der Waals surface area contributed by atoms with Crippen molar-refractivity contribution in [3.8, 4) is 0 Å². The summed E-state index contributed by atoms with van der Waals surface area (Å²) in [6.07, 6.45) is 8.02. The summed E-state index contributed by atoms with van der Waals surface area (Å²) in [4.78, 5) is 15.1. The zero-order valence-electron chi connectivity index (χ0n) is 17.8. The molecule has 0 radical (unpaired) electrons. The van der Waals surface area contributed by atoms with E-state index >= 15 is 0 Å². The molecule has 0 spiro atoms. The van der Waals surface area contributed by atoms with Gasteiger partial charge in [-0.25, -0.2) is 0 Å². The standard InChI is InChI=1S/C25H32N4O/c1-2-6-21(16-23-22-15-19(26)9-12-24(22)28-25(23)30)27-20-10-7-18(8-11-20)17-29-13-4-3-5-14-29/h7-12,15-16,21,27H,2-6,13-14,17,26H2,1H3,(H,28,30). The van der Waals surface area contributed by atoms with Crippen molar-refractivity contribution in [1.29, 1.82) is 0 Å². The van der Waals surface area contributed by atoms with Crippen LogP contribution in [0, 0.1) is 0 Å². The van der Waals surface area contributed by atoms with Gasteiger partial charge < -0.3 is 16.4 Å². The highest BCUT2D eigenvalue weighted by molar-refractivity contribution is 6.31. The first kappa shape index (κ1) is 20.5. The molecule has 5 heteroatoms. The highest BCUT2D eigenvalue weighted by atomic mass is 16.2. The maximum Gasteiger partial charge on any atom is 0.256 e. The van der Waals surface area contributed by atoms with Gasteiger partial charge in [0.25, 0.3) is 5.91 Å². The monoisotopic (exact) mass is 404 g/mol. The van der Waals surface area contributed by atoms with E-state index in [1.165, 1.54) is 37.9 Å². The zero-order valence-corrected chi connectivity index (χ0v) is 17.8. The van der Waals surface area contributed by atoms with E-state index in [-0.39, 0.29) is 11.9 Å². The van der Waals surface area contributed by atoms with Crippen LogP contribution in [-0.4, -0.2) is 29.9 Å². The van der Waals surface area contributed by atoms with E-state index in [9.17, 15) is 4.79 Å². The van der Waals surface area contributed by atoms with Crippen LogP contribution in [0.5, 0.6) is 0 Å². The van der Waals surface area contributed by atoms with Crippen molar-refractivity contribution in [2.45, 2.75) is 51.6 Å². The lowest BCUT2D eigenvalue weighted by Gasteiger charge is -2.26. The van der Waals surface area contributed by atoms with Crippen LogP contribution in [0.15, 0.2) is 48.5 Å². The Bertz CT molecular complexity index is 913. The summed E-state index contributed by atoms with van der Waals surface area (Å²) in [6, 6.07) is 14.4. The number of fused-ring (bicyclic) bond motifs is 1. The number of anilines is 3. The van der Waals surface area contributed by atoms with Crippen molar-refractivity contribution in [2.75, 3.05) is 29.5 Å². The summed E-state index contributed by atoms with van der Waals surface area (Å²) in [5.41, 5.74) is 11.5. The second-order valence-corrected chi connectivity index (χ2v) is 8.41. The van der Waals surface area contributed by atoms with E-state index in [2.05, 4.69) is 46.7 Å². The van der Waals surface area contributed by atoms with Gasteiger partial charge in [-0.15, -0.1) is 0 Å². The molecule has 0 aromatic heterocycles. The van der Waals surface area contributed by atoms with Crippen molar-refractivity contribution in [2.24, 2.45) is 0 Å². The lowest BCUT2D eigenvalue weighted by atomic mass is 10.0. The minimum atomic E-state index is -0.0598. The molecule has 1 atom stereocenters. The molecule has 0 aliphatic carbocycles. The van der Waals surface area contributed by atoms with Gasteiger partial charge in [0.05, 0.1) is 0 Å². The summed E-state index contributed by atoms with van der Waals surface area (Å²) < 4.78 is 0. The molecular formula is C25H32N4O. The molecular weight excluding hydrogens is 372 g/mol. The quantitative estimate of drug-likeness (QED) is 0.455. The fourth-order valence-electron chi connectivity index (χ4n) is 4.38. The second kappa shape index (κ2) is 9.35. The number of carbonyl (C=O) groups excluding carboxylic acids is 1. The normalized spacial score (nSPS) is 18.8. The molecule has 1 fully saturated rings. The number of nitrogens with two attached hydrogens (primary N) is 1. The van der Waals surface area contributed by atoms with Gasteiger partial charge in [0.1, 0.15) is 0 Å². The SMILES string of the molecule is CCCC(C=C1C(=O)Nc2ccc(N)cc21)Nc1ccc(CN2CCCCC2)cc1. The number of carbonyl (C=O) groups is 1. The van der Waals surface area contributed by atoms with Gasteiger partial charge in [0.2, 0.25) is 0 Å². The maximum atomic E-state index is 12.5. The molecule has 1 amide bonds.